The Balaban J connectivity index is 1.37. The quantitative estimate of drug-likeness (QED) is 0.351. The highest BCUT2D eigenvalue weighted by molar-refractivity contribution is 6.35. The van der Waals surface area contributed by atoms with E-state index in [0.29, 0.717) is 67.1 Å². The summed E-state index contributed by atoms with van der Waals surface area (Å²) in [7, 11) is 0. The number of rotatable bonds is 8. The molecule has 2 saturated heterocycles. The van der Waals surface area contributed by atoms with Gasteiger partial charge in [-0.3, -0.25) is 9.69 Å². The molecule has 0 radical (unpaired) electrons. The standard InChI is InChI=1S/C29H33Cl2FN6O3/c1-19(39)35-18-29(40)2-6-37(7-3-29)17-20-10-26(21-12-22(30)14-23(31)13-21)36-27(11-20)41-24-15-25(32)28(34-16-24)38-8-4-33-5-9-38/h10-16,33,40H,2-9,17-18H2,1H3,(H,35,39). The maximum Gasteiger partial charge on any atom is 0.220 e. The average molecular weight is 604 g/mol. The van der Waals surface area contributed by atoms with Crippen LogP contribution in [0.3, 0.4) is 0 Å². The molecule has 5 rings (SSSR count). The normalized spacial score (nSPS) is 17.3. The van der Waals surface area contributed by atoms with Gasteiger partial charge in [0.05, 0.1) is 17.5 Å². The number of hydrogen-bond acceptors (Lipinski definition) is 8. The first kappa shape index (κ1) is 29.5. The summed E-state index contributed by atoms with van der Waals surface area (Å²) in [6.07, 6.45) is 2.57. The van der Waals surface area contributed by atoms with Crippen LogP contribution in [0.2, 0.25) is 10.0 Å². The minimum absolute atomic E-state index is 0.160. The van der Waals surface area contributed by atoms with Crippen molar-refractivity contribution in [1.29, 1.82) is 0 Å². The number of aliphatic hydroxyl groups is 1. The molecule has 1 amide bonds. The summed E-state index contributed by atoms with van der Waals surface area (Å²) in [6, 6.07) is 10.3. The summed E-state index contributed by atoms with van der Waals surface area (Å²) in [6.45, 7) is 6.46. The highest BCUT2D eigenvalue weighted by Crippen LogP contribution is 2.32. The third kappa shape index (κ3) is 7.84. The molecule has 3 aromatic rings. The van der Waals surface area contributed by atoms with Crippen molar-refractivity contribution in [3.8, 4) is 22.9 Å². The molecule has 2 aromatic heterocycles. The number of nitrogens with zero attached hydrogens (tertiary/aromatic N) is 4. The molecule has 0 saturated carbocycles. The van der Waals surface area contributed by atoms with E-state index in [4.69, 9.17) is 27.9 Å². The Labute approximate surface area is 248 Å². The topological polar surface area (TPSA) is 103 Å². The maximum absolute atomic E-state index is 15.0. The number of likely N-dealkylation sites (tertiary alicyclic amines) is 1. The van der Waals surface area contributed by atoms with E-state index in [1.54, 1.807) is 18.2 Å². The average Bonchev–Trinajstić information content (AvgIpc) is 2.93. The van der Waals surface area contributed by atoms with Crippen LogP contribution in [0.25, 0.3) is 11.3 Å². The highest BCUT2D eigenvalue weighted by atomic mass is 35.5. The SMILES string of the molecule is CC(=O)NCC1(O)CCN(Cc2cc(Oc3cnc(N4CCNCC4)c(F)c3)nc(-c3cc(Cl)cc(Cl)c3)c2)CC1. The van der Waals surface area contributed by atoms with Crippen molar-refractivity contribution < 1.29 is 19.0 Å². The molecule has 0 aliphatic carbocycles. The summed E-state index contributed by atoms with van der Waals surface area (Å²) in [5.74, 6) is 0.208. The minimum Gasteiger partial charge on any atom is -0.437 e. The van der Waals surface area contributed by atoms with Crippen LogP contribution < -0.4 is 20.3 Å². The molecule has 41 heavy (non-hydrogen) atoms. The molecule has 2 fully saturated rings. The molecule has 9 nitrogen and oxygen atoms in total. The number of halogens is 3. The van der Waals surface area contributed by atoms with Crippen molar-refractivity contribution in [3.63, 3.8) is 0 Å². The molecule has 218 valence electrons. The predicted octanol–water partition coefficient (Wildman–Crippen LogP) is 4.25. The molecule has 0 bridgehead atoms. The second-order valence-corrected chi connectivity index (χ2v) is 11.5. The van der Waals surface area contributed by atoms with E-state index in [1.807, 2.05) is 17.0 Å². The van der Waals surface area contributed by atoms with Crippen LogP contribution in [0.5, 0.6) is 11.6 Å². The van der Waals surface area contributed by atoms with E-state index in [-0.39, 0.29) is 24.1 Å². The lowest BCUT2D eigenvalue weighted by molar-refractivity contribution is -0.120. The fourth-order valence-electron chi connectivity index (χ4n) is 5.10. The van der Waals surface area contributed by atoms with Crippen molar-refractivity contribution >= 4 is 34.9 Å². The number of pyridine rings is 2. The molecule has 0 unspecified atom stereocenters. The number of benzene rings is 1. The van der Waals surface area contributed by atoms with Gasteiger partial charge in [-0.05, 0) is 42.7 Å². The Kier molecular flexibility index (Phi) is 9.25. The molecular weight excluding hydrogens is 570 g/mol. The van der Waals surface area contributed by atoms with Crippen molar-refractivity contribution in [2.75, 3.05) is 50.7 Å². The highest BCUT2D eigenvalue weighted by Gasteiger charge is 2.32. The number of hydrogen-bond donors (Lipinski definition) is 3. The third-order valence-electron chi connectivity index (χ3n) is 7.31. The van der Waals surface area contributed by atoms with Crippen LogP contribution in [0.1, 0.15) is 25.3 Å². The smallest absolute Gasteiger partial charge is 0.220 e. The first-order valence-electron chi connectivity index (χ1n) is 13.6. The number of piperidine rings is 1. The minimum atomic E-state index is -0.925. The summed E-state index contributed by atoms with van der Waals surface area (Å²) >= 11 is 12.5. The van der Waals surface area contributed by atoms with Gasteiger partial charge in [0.25, 0.3) is 0 Å². The Hall–Kier alpha value is -3.02. The molecule has 3 N–H and O–H groups in total. The number of anilines is 1. The number of amides is 1. The predicted molar refractivity (Wildman–Crippen MR) is 157 cm³/mol. The van der Waals surface area contributed by atoms with E-state index >= 15 is 4.39 Å². The van der Waals surface area contributed by atoms with Crippen LogP contribution >= 0.6 is 23.2 Å². The van der Waals surface area contributed by atoms with Crippen LogP contribution in [0, 0.1) is 5.82 Å². The Morgan fingerprint density at radius 3 is 2.46 bits per heavy atom. The zero-order chi connectivity index (χ0) is 29.0. The van der Waals surface area contributed by atoms with Crippen molar-refractivity contribution in [3.05, 3.63) is 64.0 Å². The van der Waals surface area contributed by atoms with Gasteiger partial charge in [0, 0.05) is 87.0 Å². The van der Waals surface area contributed by atoms with E-state index in [1.165, 1.54) is 19.2 Å². The lowest BCUT2D eigenvalue weighted by Crippen LogP contribution is -2.50. The molecule has 4 heterocycles. The summed E-state index contributed by atoms with van der Waals surface area (Å²) < 4.78 is 21.0. The lowest BCUT2D eigenvalue weighted by Gasteiger charge is -2.38. The largest absolute Gasteiger partial charge is 0.437 e. The van der Waals surface area contributed by atoms with Crippen molar-refractivity contribution in [2.45, 2.75) is 31.9 Å². The Morgan fingerprint density at radius 2 is 1.80 bits per heavy atom. The van der Waals surface area contributed by atoms with Gasteiger partial charge in [0.1, 0.15) is 0 Å². The first-order chi connectivity index (χ1) is 19.7. The first-order valence-corrected chi connectivity index (χ1v) is 14.4. The van der Waals surface area contributed by atoms with Crippen molar-refractivity contribution in [1.82, 2.24) is 25.5 Å². The van der Waals surface area contributed by atoms with E-state index < -0.39 is 11.4 Å². The Morgan fingerprint density at radius 1 is 1.10 bits per heavy atom. The molecule has 2 aliphatic heterocycles. The van der Waals surface area contributed by atoms with Crippen LogP contribution in [-0.4, -0.2) is 77.3 Å². The monoisotopic (exact) mass is 602 g/mol. The van der Waals surface area contributed by atoms with Crippen LogP contribution in [0.4, 0.5) is 10.2 Å². The van der Waals surface area contributed by atoms with Gasteiger partial charge < -0.3 is 25.4 Å². The second-order valence-electron chi connectivity index (χ2n) is 10.6. The zero-order valence-electron chi connectivity index (χ0n) is 22.8. The second kappa shape index (κ2) is 12.9. The van der Waals surface area contributed by atoms with E-state index in [9.17, 15) is 9.90 Å². The van der Waals surface area contributed by atoms with Gasteiger partial charge in [-0.1, -0.05) is 23.2 Å². The van der Waals surface area contributed by atoms with Gasteiger partial charge in [0.15, 0.2) is 17.4 Å². The zero-order valence-corrected chi connectivity index (χ0v) is 24.3. The van der Waals surface area contributed by atoms with Crippen LogP contribution in [-0.2, 0) is 11.3 Å². The number of piperazine rings is 1. The maximum atomic E-state index is 15.0. The number of aromatic nitrogens is 2. The third-order valence-corrected chi connectivity index (χ3v) is 7.75. The summed E-state index contributed by atoms with van der Waals surface area (Å²) in [4.78, 5) is 24.4. The van der Waals surface area contributed by atoms with Gasteiger partial charge >= 0.3 is 0 Å². The summed E-state index contributed by atoms with van der Waals surface area (Å²) in [5.41, 5.74) is 1.31. The summed E-state index contributed by atoms with van der Waals surface area (Å²) in [5, 5.41) is 17.8. The van der Waals surface area contributed by atoms with E-state index in [0.717, 1.165) is 24.2 Å². The van der Waals surface area contributed by atoms with Gasteiger partial charge in [-0.15, -0.1) is 0 Å². The van der Waals surface area contributed by atoms with Crippen LogP contribution in [0.15, 0.2) is 42.6 Å². The van der Waals surface area contributed by atoms with Gasteiger partial charge in [-0.2, -0.15) is 0 Å². The lowest BCUT2D eigenvalue weighted by atomic mass is 9.91. The fourth-order valence-corrected chi connectivity index (χ4v) is 5.63. The van der Waals surface area contributed by atoms with Gasteiger partial charge in [-0.25, -0.2) is 14.4 Å². The molecule has 0 spiro atoms. The Bertz CT molecular complexity index is 1380. The van der Waals surface area contributed by atoms with Crippen molar-refractivity contribution in [2.24, 2.45) is 0 Å². The molecule has 1 aromatic carbocycles. The number of carbonyl (C=O) groups is 1. The fraction of sp³-hybridized carbons (Fsp3) is 0.414. The number of nitrogens with one attached hydrogen (secondary N) is 2. The van der Waals surface area contributed by atoms with Gasteiger partial charge in [0.2, 0.25) is 11.8 Å². The number of carbonyl (C=O) groups excluding carboxylic acids is 1. The molecule has 0 atom stereocenters. The van der Waals surface area contributed by atoms with E-state index in [2.05, 4.69) is 25.5 Å². The number of ether oxygens (including phenoxy) is 1. The molecule has 2 aliphatic rings. The molecular formula is C29H33Cl2FN6O3. The molecule has 12 heteroatoms.